The lowest BCUT2D eigenvalue weighted by Crippen LogP contribution is -2.59. The molecule has 2 N–H and O–H groups in total. The van der Waals surface area contributed by atoms with Crippen LogP contribution in [-0.4, -0.2) is 25.0 Å². The molecule has 0 amide bonds. The van der Waals surface area contributed by atoms with E-state index >= 15 is 0 Å². The number of carbonyl (C=O) groups is 1. The van der Waals surface area contributed by atoms with Gasteiger partial charge in [-0.15, -0.1) is 0 Å². The van der Waals surface area contributed by atoms with Gasteiger partial charge in [0.25, 0.3) is 0 Å². The van der Waals surface area contributed by atoms with E-state index in [9.17, 15) is 13.2 Å². The fourth-order valence-electron chi connectivity index (χ4n) is 2.12. The molecule has 2 rings (SSSR count). The van der Waals surface area contributed by atoms with Crippen LogP contribution in [0.2, 0.25) is 0 Å². The number of benzene rings is 1. The second-order valence-corrected chi connectivity index (χ2v) is 6.63. The van der Waals surface area contributed by atoms with E-state index < -0.39 is 21.5 Å². The molecule has 0 radical (unpaired) electrons. The summed E-state index contributed by atoms with van der Waals surface area (Å²) in [6, 6.07) is 8.10. The quantitative estimate of drug-likeness (QED) is 0.842. The molecule has 1 aromatic rings. The predicted octanol–water partition coefficient (Wildman–Crippen LogP) is 0.985. The van der Waals surface area contributed by atoms with Crippen molar-refractivity contribution in [1.82, 2.24) is 4.72 Å². The van der Waals surface area contributed by atoms with Gasteiger partial charge >= 0.3 is 5.97 Å². The zero-order valence-electron chi connectivity index (χ0n) is 10.7. The van der Waals surface area contributed by atoms with Crippen LogP contribution in [0.4, 0.5) is 0 Å². The van der Waals surface area contributed by atoms with Gasteiger partial charge < -0.3 is 5.11 Å². The Morgan fingerprint density at radius 3 is 2.35 bits per heavy atom. The molecular weight excluding hydrogens is 280 g/mol. The summed E-state index contributed by atoms with van der Waals surface area (Å²) in [4.78, 5) is 11.2. The molecule has 0 atom stereocenters. The Morgan fingerprint density at radius 2 is 1.95 bits per heavy atom. The van der Waals surface area contributed by atoms with Gasteiger partial charge in [-0.25, -0.2) is 8.42 Å². The van der Waals surface area contributed by atoms with Gasteiger partial charge in [0.2, 0.25) is 10.0 Å². The zero-order valence-corrected chi connectivity index (χ0v) is 11.5. The molecule has 0 unspecified atom stereocenters. The number of carboxylic acid groups (broad SMARTS) is 1. The Bertz CT molecular complexity index is 655. The van der Waals surface area contributed by atoms with E-state index in [0.717, 1.165) is 0 Å². The lowest BCUT2D eigenvalue weighted by Gasteiger charge is -2.37. The summed E-state index contributed by atoms with van der Waals surface area (Å²) in [5, 5.41) is 17.8. The van der Waals surface area contributed by atoms with Gasteiger partial charge in [0, 0.05) is 0 Å². The van der Waals surface area contributed by atoms with Crippen molar-refractivity contribution >= 4 is 16.0 Å². The highest BCUT2D eigenvalue weighted by molar-refractivity contribution is 7.88. The molecule has 0 saturated heterocycles. The predicted molar refractivity (Wildman–Crippen MR) is 71.1 cm³/mol. The Balaban J connectivity index is 2.11. The molecule has 0 heterocycles. The number of carboxylic acids is 1. The first-order chi connectivity index (χ1) is 9.37. The molecule has 0 spiro atoms. The normalized spacial score (nSPS) is 16.9. The number of rotatable bonds is 5. The third-order valence-electron chi connectivity index (χ3n) is 3.41. The molecule has 1 aromatic carbocycles. The Kier molecular flexibility index (Phi) is 3.79. The Hall–Kier alpha value is -1.91. The largest absolute Gasteiger partial charge is 0.480 e. The summed E-state index contributed by atoms with van der Waals surface area (Å²) < 4.78 is 26.3. The van der Waals surface area contributed by atoms with Crippen LogP contribution < -0.4 is 4.72 Å². The fraction of sp³-hybridized carbons (Fsp3) is 0.385. The van der Waals surface area contributed by atoms with Crippen molar-refractivity contribution in [2.75, 3.05) is 0 Å². The van der Waals surface area contributed by atoms with Crippen LogP contribution in [0.5, 0.6) is 0 Å². The van der Waals surface area contributed by atoms with Crippen LogP contribution in [0.15, 0.2) is 24.3 Å². The van der Waals surface area contributed by atoms with Gasteiger partial charge in [0.15, 0.2) is 0 Å². The van der Waals surface area contributed by atoms with E-state index in [-0.39, 0.29) is 5.75 Å². The molecule has 20 heavy (non-hydrogen) atoms. The number of hydrogen-bond acceptors (Lipinski definition) is 4. The van der Waals surface area contributed by atoms with Crippen LogP contribution in [0.3, 0.4) is 0 Å². The van der Waals surface area contributed by atoms with Gasteiger partial charge in [-0.2, -0.15) is 9.98 Å². The summed E-state index contributed by atoms with van der Waals surface area (Å²) in [6.45, 7) is 0. The molecule has 106 valence electrons. The number of hydrogen-bond donors (Lipinski definition) is 2. The van der Waals surface area contributed by atoms with E-state index in [1.54, 1.807) is 12.1 Å². The number of nitrogens with zero attached hydrogens (tertiary/aromatic N) is 1. The minimum atomic E-state index is -3.73. The molecular formula is C13H14N2O4S. The monoisotopic (exact) mass is 294 g/mol. The molecule has 0 aromatic heterocycles. The average Bonchev–Trinajstić information content (AvgIpc) is 2.34. The van der Waals surface area contributed by atoms with E-state index in [1.165, 1.54) is 12.1 Å². The maximum atomic E-state index is 12.0. The molecule has 0 bridgehead atoms. The molecule has 1 fully saturated rings. The maximum Gasteiger partial charge on any atom is 0.324 e. The van der Waals surface area contributed by atoms with Crippen LogP contribution in [-0.2, 0) is 20.6 Å². The van der Waals surface area contributed by atoms with Gasteiger partial charge in [-0.1, -0.05) is 12.1 Å². The summed E-state index contributed by atoms with van der Waals surface area (Å²) in [5.74, 6) is -1.43. The Morgan fingerprint density at radius 1 is 1.35 bits per heavy atom. The first-order valence-electron chi connectivity index (χ1n) is 6.11. The van der Waals surface area contributed by atoms with Crippen LogP contribution in [0.1, 0.15) is 30.4 Å². The number of nitrogens with one attached hydrogen (secondary N) is 1. The van der Waals surface area contributed by atoms with Crippen LogP contribution in [0.25, 0.3) is 0 Å². The standard InChI is InChI=1S/C13H14N2O4S/c14-8-10-2-4-11(5-3-10)9-20(18,19)15-13(12(16)17)6-1-7-13/h2-5,15H,1,6-7,9H2,(H,16,17). The van der Waals surface area contributed by atoms with Gasteiger partial charge in [-0.05, 0) is 37.0 Å². The summed E-state index contributed by atoms with van der Waals surface area (Å²) in [5.41, 5.74) is -0.387. The van der Waals surface area contributed by atoms with Gasteiger partial charge in [0.05, 0.1) is 17.4 Å². The van der Waals surface area contributed by atoms with Gasteiger partial charge in [-0.3, -0.25) is 4.79 Å². The fourth-order valence-corrected chi connectivity index (χ4v) is 3.71. The molecule has 0 aliphatic heterocycles. The number of aliphatic carboxylic acids is 1. The maximum absolute atomic E-state index is 12.0. The van der Waals surface area contributed by atoms with E-state index in [4.69, 9.17) is 10.4 Å². The van der Waals surface area contributed by atoms with Crippen molar-refractivity contribution in [3.8, 4) is 6.07 Å². The van der Waals surface area contributed by atoms with E-state index in [2.05, 4.69) is 4.72 Å². The zero-order chi connectivity index (χ0) is 14.8. The highest BCUT2D eigenvalue weighted by Gasteiger charge is 2.47. The lowest BCUT2D eigenvalue weighted by molar-refractivity contribution is -0.147. The molecule has 7 heteroatoms. The van der Waals surface area contributed by atoms with Crippen LogP contribution >= 0.6 is 0 Å². The highest BCUT2D eigenvalue weighted by atomic mass is 32.2. The molecule has 1 aliphatic rings. The first-order valence-corrected chi connectivity index (χ1v) is 7.76. The average molecular weight is 294 g/mol. The Labute approximate surface area is 117 Å². The van der Waals surface area contributed by atoms with Gasteiger partial charge in [0.1, 0.15) is 5.54 Å². The second-order valence-electron chi connectivity index (χ2n) is 4.91. The topological polar surface area (TPSA) is 107 Å². The van der Waals surface area contributed by atoms with Crippen molar-refractivity contribution < 1.29 is 18.3 Å². The third-order valence-corrected chi connectivity index (χ3v) is 4.82. The minimum Gasteiger partial charge on any atom is -0.480 e. The van der Waals surface area contributed by atoms with Crippen LogP contribution in [0, 0.1) is 11.3 Å². The number of sulfonamides is 1. The van der Waals surface area contributed by atoms with Crippen molar-refractivity contribution in [2.45, 2.75) is 30.6 Å². The third kappa shape index (κ3) is 2.98. The van der Waals surface area contributed by atoms with Crippen molar-refractivity contribution in [3.05, 3.63) is 35.4 Å². The highest BCUT2D eigenvalue weighted by Crippen LogP contribution is 2.33. The second kappa shape index (κ2) is 5.23. The number of nitriles is 1. The first kappa shape index (κ1) is 14.5. The van der Waals surface area contributed by atoms with Crippen molar-refractivity contribution in [1.29, 1.82) is 5.26 Å². The molecule has 1 saturated carbocycles. The summed E-state index contributed by atoms with van der Waals surface area (Å²) in [6.07, 6.45) is 1.33. The minimum absolute atomic E-state index is 0.298. The summed E-state index contributed by atoms with van der Waals surface area (Å²) >= 11 is 0. The smallest absolute Gasteiger partial charge is 0.324 e. The SMILES string of the molecule is N#Cc1ccc(CS(=O)(=O)NC2(C(=O)O)CCC2)cc1. The summed E-state index contributed by atoms with van der Waals surface area (Å²) in [7, 11) is -3.73. The van der Waals surface area contributed by atoms with Crippen molar-refractivity contribution in [2.24, 2.45) is 0 Å². The molecule has 6 nitrogen and oxygen atoms in total. The van der Waals surface area contributed by atoms with E-state index in [0.29, 0.717) is 30.4 Å². The van der Waals surface area contributed by atoms with Crippen molar-refractivity contribution in [3.63, 3.8) is 0 Å². The molecule has 1 aliphatic carbocycles. The lowest BCUT2D eigenvalue weighted by atomic mass is 9.78. The van der Waals surface area contributed by atoms with E-state index in [1.807, 2.05) is 6.07 Å².